The van der Waals surface area contributed by atoms with Gasteiger partial charge < -0.3 is 14.8 Å². The van der Waals surface area contributed by atoms with Crippen LogP contribution in [0.2, 0.25) is 0 Å². The van der Waals surface area contributed by atoms with E-state index in [2.05, 4.69) is 18.3 Å². The van der Waals surface area contributed by atoms with Gasteiger partial charge in [-0.15, -0.1) is 11.3 Å². The van der Waals surface area contributed by atoms with E-state index in [1.54, 1.807) is 25.6 Å². The van der Waals surface area contributed by atoms with E-state index in [1.807, 2.05) is 18.2 Å². The number of ether oxygens (including phenoxy) is 2. The number of carbonyl (C=O) groups excluding carboxylic acids is 1. The second-order valence-corrected chi connectivity index (χ2v) is 8.01. The number of amides is 1. The molecular weight excluding hydrogens is 360 g/mol. The van der Waals surface area contributed by atoms with Crippen molar-refractivity contribution in [2.75, 3.05) is 19.5 Å². The van der Waals surface area contributed by atoms with Gasteiger partial charge >= 0.3 is 0 Å². The average Bonchev–Trinajstić information content (AvgIpc) is 3.01. The van der Waals surface area contributed by atoms with Crippen LogP contribution >= 0.6 is 11.3 Å². The third-order valence-electron chi connectivity index (χ3n) is 4.97. The van der Waals surface area contributed by atoms with Gasteiger partial charge in [0.25, 0.3) is 0 Å². The lowest BCUT2D eigenvalue weighted by Crippen LogP contribution is -2.12. The molecule has 0 unspecified atom stereocenters. The highest BCUT2D eigenvalue weighted by molar-refractivity contribution is 7.16. The summed E-state index contributed by atoms with van der Waals surface area (Å²) in [5.74, 6) is 1.88. The van der Waals surface area contributed by atoms with Crippen LogP contribution in [0.1, 0.15) is 41.3 Å². The Hall–Kier alpha value is -2.52. The van der Waals surface area contributed by atoms with Gasteiger partial charge in [0.05, 0.1) is 19.8 Å². The second kappa shape index (κ2) is 8.45. The molecule has 0 saturated heterocycles. The summed E-state index contributed by atoms with van der Waals surface area (Å²) in [7, 11) is 3.19. The van der Waals surface area contributed by atoms with E-state index in [9.17, 15) is 10.1 Å². The van der Waals surface area contributed by atoms with E-state index in [1.165, 1.54) is 4.88 Å². The lowest BCUT2D eigenvalue weighted by atomic mass is 9.88. The molecule has 1 amide bonds. The Bertz CT molecular complexity index is 882. The Labute approximate surface area is 163 Å². The molecule has 2 aromatic rings. The molecule has 0 spiro atoms. The standard InChI is InChI=1S/C21H24N2O3S/c1-13-4-7-15-16(12-22)21(27-19(15)10-13)23-20(24)9-6-14-5-8-17(25-2)18(11-14)26-3/h5,8,11,13H,4,6-7,9-10H2,1-3H3,(H,23,24)/t13-/m0/s1. The van der Waals surface area contributed by atoms with Crippen molar-refractivity contribution in [3.05, 3.63) is 39.8 Å². The maximum atomic E-state index is 12.4. The summed E-state index contributed by atoms with van der Waals surface area (Å²) < 4.78 is 10.5. The fraction of sp³-hybridized carbons (Fsp3) is 0.429. The summed E-state index contributed by atoms with van der Waals surface area (Å²) in [6.07, 6.45) is 3.97. The predicted octanol–water partition coefficient (Wildman–Crippen LogP) is 4.33. The van der Waals surface area contributed by atoms with Crippen LogP contribution in [0, 0.1) is 17.2 Å². The number of benzene rings is 1. The molecule has 3 rings (SSSR count). The highest BCUT2D eigenvalue weighted by Crippen LogP contribution is 2.39. The van der Waals surface area contributed by atoms with Crippen molar-refractivity contribution in [3.63, 3.8) is 0 Å². The maximum absolute atomic E-state index is 12.4. The topological polar surface area (TPSA) is 71.3 Å². The zero-order valence-corrected chi connectivity index (χ0v) is 16.7. The molecule has 1 aliphatic rings. The van der Waals surface area contributed by atoms with Crippen LogP contribution in [0.5, 0.6) is 11.5 Å². The van der Waals surface area contributed by atoms with Gasteiger partial charge in [-0.25, -0.2) is 0 Å². The molecular formula is C21H24N2O3S. The predicted molar refractivity (Wildman–Crippen MR) is 107 cm³/mol. The van der Waals surface area contributed by atoms with Gasteiger partial charge in [0.2, 0.25) is 5.91 Å². The number of fused-ring (bicyclic) bond motifs is 1. The number of carbonyl (C=O) groups is 1. The van der Waals surface area contributed by atoms with Crippen LogP contribution in [0.4, 0.5) is 5.00 Å². The fourth-order valence-corrected chi connectivity index (χ4v) is 4.82. The smallest absolute Gasteiger partial charge is 0.225 e. The van der Waals surface area contributed by atoms with Crippen molar-refractivity contribution in [2.45, 2.75) is 39.0 Å². The number of anilines is 1. The third kappa shape index (κ3) is 4.25. The zero-order chi connectivity index (χ0) is 19.4. The molecule has 6 heteroatoms. The van der Waals surface area contributed by atoms with Crippen LogP contribution < -0.4 is 14.8 Å². The number of rotatable bonds is 6. The molecule has 0 radical (unpaired) electrons. The number of nitrogens with zero attached hydrogens (tertiary/aromatic N) is 1. The van der Waals surface area contributed by atoms with Crippen molar-refractivity contribution in [2.24, 2.45) is 5.92 Å². The molecule has 1 aromatic heterocycles. The summed E-state index contributed by atoms with van der Waals surface area (Å²) >= 11 is 1.56. The van der Waals surface area contributed by atoms with E-state index in [-0.39, 0.29) is 5.91 Å². The van der Waals surface area contributed by atoms with Gasteiger partial charge in [-0.05, 0) is 54.9 Å². The van der Waals surface area contributed by atoms with Crippen molar-refractivity contribution < 1.29 is 14.3 Å². The number of nitriles is 1. The van der Waals surface area contributed by atoms with Crippen LogP contribution in [-0.4, -0.2) is 20.1 Å². The summed E-state index contributed by atoms with van der Waals surface area (Å²) in [6.45, 7) is 2.23. The summed E-state index contributed by atoms with van der Waals surface area (Å²) in [4.78, 5) is 13.7. The Balaban J connectivity index is 1.66. The Morgan fingerprint density at radius 1 is 1.33 bits per heavy atom. The highest BCUT2D eigenvalue weighted by Gasteiger charge is 2.24. The van der Waals surface area contributed by atoms with Crippen molar-refractivity contribution in [1.29, 1.82) is 5.26 Å². The fourth-order valence-electron chi connectivity index (χ4n) is 3.44. The number of aryl methyl sites for hydroxylation is 1. The number of hydrogen-bond acceptors (Lipinski definition) is 5. The third-order valence-corrected chi connectivity index (χ3v) is 6.13. The first-order chi connectivity index (χ1) is 13.0. The number of hydrogen-bond donors (Lipinski definition) is 1. The van der Waals surface area contributed by atoms with E-state index in [0.717, 1.165) is 30.4 Å². The Morgan fingerprint density at radius 3 is 2.81 bits per heavy atom. The van der Waals surface area contributed by atoms with Gasteiger partial charge in [0, 0.05) is 11.3 Å². The minimum absolute atomic E-state index is 0.0760. The first-order valence-electron chi connectivity index (χ1n) is 9.11. The SMILES string of the molecule is COc1ccc(CCC(=O)Nc2sc3c(c2C#N)CC[C@H](C)C3)cc1OC. The van der Waals surface area contributed by atoms with Crippen LogP contribution in [-0.2, 0) is 24.1 Å². The number of thiophene rings is 1. The quantitative estimate of drug-likeness (QED) is 0.804. The van der Waals surface area contributed by atoms with E-state index in [4.69, 9.17) is 9.47 Å². The van der Waals surface area contributed by atoms with E-state index >= 15 is 0 Å². The molecule has 0 fully saturated rings. The Morgan fingerprint density at radius 2 is 2.11 bits per heavy atom. The normalized spacial score (nSPS) is 15.6. The van der Waals surface area contributed by atoms with Crippen LogP contribution in [0.15, 0.2) is 18.2 Å². The lowest BCUT2D eigenvalue weighted by molar-refractivity contribution is -0.116. The average molecular weight is 385 g/mol. The lowest BCUT2D eigenvalue weighted by Gasteiger charge is -2.17. The summed E-state index contributed by atoms with van der Waals surface area (Å²) in [5, 5.41) is 13.2. The monoisotopic (exact) mass is 384 g/mol. The van der Waals surface area contributed by atoms with E-state index in [0.29, 0.717) is 40.8 Å². The molecule has 0 bridgehead atoms. The molecule has 1 atom stereocenters. The molecule has 1 aromatic carbocycles. The largest absolute Gasteiger partial charge is 0.493 e. The molecule has 0 aliphatic heterocycles. The summed E-state index contributed by atoms with van der Waals surface area (Å²) in [5.41, 5.74) is 2.79. The number of methoxy groups -OCH3 is 2. The molecule has 1 heterocycles. The summed E-state index contributed by atoms with van der Waals surface area (Å²) in [6, 6.07) is 7.95. The molecule has 0 saturated carbocycles. The van der Waals surface area contributed by atoms with Gasteiger partial charge in [-0.1, -0.05) is 13.0 Å². The van der Waals surface area contributed by atoms with Gasteiger partial charge in [0.1, 0.15) is 11.1 Å². The minimum atomic E-state index is -0.0760. The zero-order valence-electron chi connectivity index (χ0n) is 15.9. The minimum Gasteiger partial charge on any atom is -0.493 e. The molecule has 5 nitrogen and oxygen atoms in total. The first-order valence-corrected chi connectivity index (χ1v) is 9.92. The van der Waals surface area contributed by atoms with Gasteiger partial charge in [0.15, 0.2) is 11.5 Å². The number of nitrogens with one attached hydrogen (secondary N) is 1. The Kier molecular flexibility index (Phi) is 6.02. The van der Waals surface area contributed by atoms with Crippen molar-refractivity contribution >= 4 is 22.2 Å². The van der Waals surface area contributed by atoms with Crippen LogP contribution in [0.3, 0.4) is 0 Å². The first kappa shape index (κ1) is 19.2. The maximum Gasteiger partial charge on any atom is 0.225 e. The molecule has 1 N–H and O–H groups in total. The highest BCUT2D eigenvalue weighted by atomic mass is 32.1. The molecule has 27 heavy (non-hydrogen) atoms. The van der Waals surface area contributed by atoms with Crippen molar-refractivity contribution in [1.82, 2.24) is 0 Å². The second-order valence-electron chi connectivity index (χ2n) is 6.91. The molecule has 142 valence electrons. The molecule has 1 aliphatic carbocycles. The van der Waals surface area contributed by atoms with Gasteiger partial charge in [-0.3, -0.25) is 4.79 Å². The van der Waals surface area contributed by atoms with E-state index < -0.39 is 0 Å². The van der Waals surface area contributed by atoms with Gasteiger partial charge in [-0.2, -0.15) is 5.26 Å². The van der Waals surface area contributed by atoms with Crippen molar-refractivity contribution in [3.8, 4) is 17.6 Å². The van der Waals surface area contributed by atoms with Crippen LogP contribution in [0.25, 0.3) is 0 Å².